The number of nitrogens with zero attached hydrogens (tertiary/aromatic N) is 6. The van der Waals surface area contributed by atoms with Crippen molar-refractivity contribution in [2.45, 2.75) is 6.92 Å². The van der Waals surface area contributed by atoms with Gasteiger partial charge in [-0.3, -0.25) is 0 Å². The first-order valence-electron chi connectivity index (χ1n) is 10.3. The fraction of sp³-hybridized carbons (Fsp3) is 0.333. The maximum absolute atomic E-state index is 11.9. The minimum absolute atomic E-state index is 0.241. The molecule has 10 nitrogen and oxygen atoms in total. The molecule has 0 unspecified atom stereocenters. The van der Waals surface area contributed by atoms with Crippen LogP contribution in [0.5, 0.6) is 0 Å². The van der Waals surface area contributed by atoms with E-state index in [1.807, 2.05) is 18.2 Å². The third-order valence-electron chi connectivity index (χ3n) is 4.71. The van der Waals surface area contributed by atoms with Gasteiger partial charge < -0.3 is 25.6 Å². The molecule has 3 rings (SSSR count). The number of aromatic nitrogens is 4. The average Bonchev–Trinajstić information content (AvgIpc) is 3.16. The van der Waals surface area contributed by atoms with Gasteiger partial charge in [0, 0.05) is 50.7 Å². The van der Waals surface area contributed by atoms with Gasteiger partial charge in [0.05, 0.1) is 12.3 Å². The Hall–Kier alpha value is -3.53. The molecule has 0 bridgehead atoms. The Morgan fingerprint density at radius 2 is 2.09 bits per heavy atom. The highest BCUT2D eigenvalue weighted by Gasteiger charge is 2.22. The third-order valence-corrected chi connectivity index (χ3v) is 4.92. The normalized spacial score (nSPS) is 14.6. The van der Waals surface area contributed by atoms with Crippen LogP contribution in [0.3, 0.4) is 0 Å². The molecule has 1 fully saturated rings. The van der Waals surface area contributed by atoms with E-state index in [-0.39, 0.29) is 12.0 Å². The molecule has 170 valence electrons. The van der Waals surface area contributed by atoms with Gasteiger partial charge in [-0.25, -0.2) is 9.78 Å². The van der Waals surface area contributed by atoms with E-state index in [1.165, 1.54) is 4.68 Å². The van der Waals surface area contributed by atoms with Crippen LogP contribution >= 0.6 is 11.6 Å². The zero-order valence-corrected chi connectivity index (χ0v) is 18.7. The van der Waals surface area contributed by atoms with Gasteiger partial charge in [0.15, 0.2) is 0 Å². The lowest BCUT2D eigenvalue weighted by Crippen LogP contribution is -2.48. The molecule has 0 saturated carbocycles. The Kier molecular flexibility index (Phi) is 8.09. The van der Waals surface area contributed by atoms with Gasteiger partial charge in [-0.15, -0.1) is 5.10 Å². The summed E-state index contributed by atoms with van der Waals surface area (Å²) in [7, 11) is 0. The largest absolute Gasteiger partial charge is 0.450 e. The summed E-state index contributed by atoms with van der Waals surface area (Å²) in [6, 6.07) is 3.40. The van der Waals surface area contributed by atoms with E-state index in [9.17, 15) is 4.79 Å². The summed E-state index contributed by atoms with van der Waals surface area (Å²) < 4.78 is 6.57. The predicted molar refractivity (Wildman–Crippen MR) is 125 cm³/mol. The van der Waals surface area contributed by atoms with Crippen LogP contribution in [0.25, 0.3) is 5.69 Å². The van der Waals surface area contributed by atoms with E-state index in [1.54, 1.807) is 36.2 Å². The number of hydrogen-bond acceptors (Lipinski definition) is 8. The summed E-state index contributed by atoms with van der Waals surface area (Å²) in [5.74, 6) is 0.642. The number of piperazine rings is 1. The van der Waals surface area contributed by atoms with Crippen molar-refractivity contribution in [2.75, 3.05) is 50.4 Å². The maximum atomic E-state index is 11.9. The van der Waals surface area contributed by atoms with Crippen molar-refractivity contribution >= 4 is 29.6 Å². The molecule has 3 N–H and O–H groups in total. The molecular formula is C21H27ClN8O2. The number of carbonyl (C=O) groups excluding carboxylic acids is 1. The van der Waals surface area contributed by atoms with Gasteiger partial charge in [0.1, 0.15) is 5.15 Å². The molecule has 2 aromatic heterocycles. The van der Waals surface area contributed by atoms with Gasteiger partial charge in [0.2, 0.25) is 11.9 Å². The van der Waals surface area contributed by atoms with Crippen molar-refractivity contribution < 1.29 is 9.53 Å². The molecule has 1 aliphatic rings. The number of rotatable bonds is 8. The van der Waals surface area contributed by atoms with Crippen LogP contribution in [0.15, 0.2) is 54.9 Å². The Balaban J connectivity index is 1.55. The molecule has 11 heteroatoms. The van der Waals surface area contributed by atoms with Crippen molar-refractivity contribution in [3.63, 3.8) is 0 Å². The number of carbonyl (C=O) groups is 1. The first kappa shape index (κ1) is 23.1. The summed E-state index contributed by atoms with van der Waals surface area (Å²) in [6.45, 7) is 9.13. The highest BCUT2D eigenvalue weighted by molar-refractivity contribution is 6.29. The molecule has 0 radical (unpaired) electrons. The number of nitrogen functional groups attached to an aromatic ring is 1. The summed E-state index contributed by atoms with van der Waals surface area (Å²) in [5, 5.41) is 7.84. The Bertz CT molecular complexity index is 995. The van der Waals surface area contributed by atoms with Crippen molar-refractivity contribution in [2.24, 2.45) is 0 Å². The number of allylic oxidation sites excluding steroid dienone is 3. The molecule has 3 heterocycles. The Morgan fingerprint density at radius 1 is 1.34 bits per heavy atom. The number of nitrogens with one attached hydrogen (secondary N) is 1. The molecule has 0 atom stereocenters. The first-order chi connectivity index (χ1) is 15.5. The second kappa shape index (κ2) is 11.2. The van der Waals surface area contributed by atoms with E-state index in [4.69, 9.17) is 22.1 Å². The molecule has 1 amide bonds. The molecule has 0 aromatic carbocycles. The Morgan fingerprint density at radius 3 is 2.78 bits per heavy atom. The van der Waals surface area contributed by atoms with Crippen molar-refractivity contribution in [3.05, 3.63) is 60.1 Å². The summed E-state index contributed by atoms with van der Waals surface area (Å²) in [5.41, 5.74) is 7.66. The van der Waals surface area contributed by atoms with Crippen molar-refractivity contribution in [1.29, 1.82) is 0 Å². The predicted octanol–water partition coefficient (Wildman–Crippen LogP) is 2.71. The molecular weight excluding hydrogens is 432 g/mol. The lowest BCUT2D eigenvalue weighted by Gasteiger charge is -2.36. The van der Waals surface area contributed by atoms with Gasteiger partial charge in [-0.2, -0.15) is 9.67 Å². The van der Waals surface area contributed by atoms with Gasteiger partial charge in [-0.1, -0.05) is 30.3 Å². The van der Waals surface area contributed by atoms with Crippen molar-refractivity contribution in [1.82, 2.24) is 29.5 Å². The van der Waals surface area contributed by atoms with E-state index >= 15 is 0 Å². The third kappa shape index (κ3) is 6.01. The minimum Gasteiger partial charge on any atom is -0.450 e. The van der Waals surface area contributed by atoms with Crippen LogP contribution < -0.4 is 11.1 Å². The molecule has 0 aliphatic carbocycles. The van der Waals surface area contributed by atoms with Gasteiger partial charge >= 0.3 is 6.09 Å². The Labute approximate surface area is 192 Å². The monoisotopic (exact) mass is 458 g/mol. The zero-order chi connectivity index (χ0) is 22.9. The van der Waals surface area contributed by atoms with Crippen LogP contribution in [0.1, 0.15) is 6.92 Å². The number of anilines is 2. The molecule has 1 aliphatic heterocycles. The molecule has 2 aromatic rings. The number of amides is 1. The van der Waals surface area contributed by atoms with Crippen LogP contribution in [0.2, 0.25) is 5.15 Å². The SMILES string of the molecule is C=C/C=C(\C=C/CNc1nc(N)n(-c2ccnc(Cl)c2)n1)N1CCN(C(=O)OCC)CC1. The zero-order valence-electron chi connectivity index (χ0n) is 17.9. The van der Waals surface area contributed by atoms with E-state index in [0.29, 0.717) is 56.1 Å². The lowest BCUT2D eigenvalue weighted by atomic mass is 10.2. The number of ether oxygens (including phenoxy) is 1. The second-order valence-electron chi connectivity index (χ2n) is 6.83. The molecule has 32 heavy (non-hydrogen) atoms. The topological polar surface area (TPSA) is 114 Å². The van der Waals surface area contributed by atoms with E-state index in [2.05, 4.69) is 31.9 Å². The summed E-state index contributed by atoms with van der Waals surface area (Å²) in [6.07, 6.45) is 8.96. The first-order valence-corrected chi connectivity index (χ1v) is 10.6. The van der Waals surface area contributed by atoms with Crippen LogP contribution in [-0.2, 0) is 4.74 Å². The fourth-order valence-electron chi connectivity index (χ4n) is 3.19. The quantitative estimate of drug-likeness (QED) is 0.458. The minimum atomic E-state index is -0.263. The van der Waals surface area contributed by atoms with Crippen molar-refractivity contribution in [3.8, 4) is 5.69 Å². The maximum Gasteiger partial charge on any atom is 0.409 e. The average molecular weight is 459 g/mol. The van der Waals surface area contributed by atoms with Crippen LogP contribution in [0.4, 0.5) is 16.7 Å². The molecule has 1 saturated heterocycles. The highest BCUT2D eigenvalue weighted by atomic mass is 35.5. The number of halogens is 1. The molecule has 0 spiro atoms. The lowest BCUT2D eigenvalue weighted by molar-refractivity contribution is 0.0875. The standard InChI is InChI=1S/C21H27ClN8O2/c1-3-6-16(28-11-13-29(14-12-28)21(31)32-4-2)7-5-9-25-20-26-19(23)30(27-20)17-8-10-24-18(22)15-17/h3,5-8,10,15H,1,4,9,11-14H2,2H3,(H3,23,25,26,27)/b7-5-,16-6+. The number of nitrogens with two attached hydrogens (primary N) is 1. The van der Waals surface area contributed by atoms with Crippen LogP contribution in [-0.4, -0.2) is 75.0 Å². The number of hydrogen-bond donors (Lipinski definition) is 2. The van der Waals surface area contributed by atoms with Crippen LogP contribution in [0, 0.1) is 0 Å². The highest BCUT2D eigenvalue weighted by Crippen LogP contribution is 2.16. The summed E-state index contributed by atoms with van der Waals surface area (Å²) >= 11 is 5.93. The number of pyridine rings is 1. The summed E-state index contributed by atoms with van der Waals surface area (Å²) in [4.78, 5) is 24.0. The fourth-order valence-corrected chi connectivity index (χ4v) is 3.36. The van der Waals surface area contributed by atoms with Gasteiger partial charge in [-0.05, 0) is 25.1 Å². The van der Waals surface area contributed by atoms with Gasteiger partial charge in [0.25, 0.3) is 0 Å². The van der Waals surface area contributed by atoms with E-state index < -0.39 is 0 Å². The second-order valence-corrected chi connectivity index (χ2v) is 7.21. The smallest absolute Gasteiger partial charge is 0.409 e. The van der Waals surface area contributed by atoms with E-state index in [0.717, 1.165) is 5.70 Å².